The number of benzene rings is 1. The summed E-state index contributed by atoms with van der Waals surface area (Å²) >= 11 is 5.67. The van der Waals surface area contributed by atoms with Crippen LogP contribution in [0.1, 0.15) is 19.8 Å². The van der Waals surface area contributed by atoms with E-state index in [4.69, 9.17) is 11.6 Å². The maximum atomic E-state index is 12.8. The van der Waals surface area contributed by atoms with Crippen molar-refractivity contribution in [3.05, 3.63) is 24.3 Å². The molecule has 0 amide bonds. The smallest absolute Gasteiger partial charge is 0.369 e. The van der Waals surface area contributed by atoms with Gasteiger partial charge in [-0.05, 0) is 18.6 Å². The predicted molar refractivity (Wildman–Crippen MR) is 77.5 cm³/mol. The fraction of sp³-hybridized carbons (Fsp3) is 0.538. The van der Waals surface area contributed by atoms with E-state index in [0.29, 0.717) is 6.54 Å². The van der Waals surface area contributed by atoms with E-state index in [9.17, 15) is 21.6 Å². The van der Waals surface area contributed by atoms with Crippen molar-refractivity contribution in [2.75, 3.05) is 23.9 Å². The largest absolute Gasteiger partial charge is 0.501 e. The van der Waals surface area contributed by atoms with Crippen LogP contribution in [0.3, 0.4) is 0 Å². The number of sulfone groups is 1. The van der Waals surface area contributed by atoms with Gasteiger partial charge in [-0.3, -0.25) is 0 Å². The van der Waals surface area contributed by atoms with Gasteiger partial charge in [-0.1, -0.05) is 25.5 Å². The molecular weight excluding hydrogens is 327 g/mol. The molecule has 0 aliphatic heterocycles. The first-order valence-corrected chi connectivity index (χ1v) is 8.48. The summed E-state index contributed by atoms with van der Waals surface area (Å²) in [5, 5.41) is 0. The Balaban J connectivity index is 3.31. The molecule has 0 aromatic heterocycles. The minimum absolute atomic E-state index is 0.0453. The second kappa shape index (κ2) is 7.35. The Morgan fingerprint density at radius 1 is 1.19 bits per heavy atom. The van der Waals surface area contributed by atoms with Gasteiger partial charge in [-0.25, -0.2) is 8.42 Å². The quantitative estimate of drug-likeness (QED) is 0.706. The van der Waals surface area contributed by atoms with Gasteiger partial charge in [0, 0.05) is 19.0 Å². The van der Waals surface area contributed by atoms with Crippen molar-refractivity contribution in [1.29, 1.82) is 0 Å². The Labute approximate surface area is 127 Å². The third-order valence-corrected chi connectivity index (χ3v) is 4.64. The van der Waals surface area contributed by atoms with Gasteiger partial charge in [-0.2, -0.15) is 13.2 Å². The predicted octanol–water partition coefficient (Wildman–Crippen LogP) is 3.83. The lowest BCUT2D eigenvalue weighted by Gasteiger charge is -2.26. The van der Waals surface area contributed by atoms with E-state index in [1.807, 2.05) is 6.92 Å². The minimum Gasteiger partial charge on any atom is -0.369 e. The van der Waals surface area contributed by atoms with Gasteiger partial charge in [0.15, 0.2) is 0 Å². The average Bonchev–Trinajstić information content (AvgIpc) is 2.42. The van der Waals surface area contributed by atoms with Gasteiger partial charge in [0.1, 0.15) is 0 Å². The summed E-state index contributed by atoms with van der Waals surface area (Å²) in [5.41, 5.74) is -5.27. The van der Waals surface area contributed by atoms with Gasteiger partial charge >= 0.3 is 5.51 Å². The van der Waals surface area contributed by atoms with E-state index < -0.39 is 20.2 Å². The lowest BCUT2D eigenvalue weighted by Crippen LogP contribution is -2.30. The molecule has 0 saturated heterocycles. The van der Waals surface area contributed by atoms with Crippen LogP contribution < -0.4 is 4.90 Å². The maximum absolute atomic E-state index is 12.8. The van der Waals surface area contributed by atoms with Crippen LogP contribution >= 0.6 is 11.6 Å². The molecule has 0 heterocycles. The number of nitrogens with zero attached hydrogens (tertiary/aromatic N) is 1. The number of para-hydroxylation sites is 1. The highest BCUT2D eigenvalue weighted by molar-refractivity contribution is 7.92. The number of unbranched alkanes of at least 4 members (excludes halogenated alkanes) is 1. The standard InChI is InChI=1S/C13H17ClF3NO2S/c1-2-3-9-18(10-8-14)11-6-4-5-7-12(11)21(19,20)13(15,16)17/h4-7H,2-3,8-10H2,1H3. The van der Waals surface area contributed by atoms with Crippen LogP contribution in [0.4, 0.5) is 18.9 Å². The molecule has 0 saturated carbocycles. The van der Waals surface area contributed by atoms with Crippen molar-refractivity contribution in [1.82, 2.24) is 0 Å². The molecule has 0 aliphatic carbocycles. The van der Waals surface area contributed by atoms with E-state index in [1.165, 1.54) is 18.2 Å². The second-order valence-corrected chi connectivity index (χ2v) is 6.73. The third kappa shape index (κ3) is 4.26. The average molecular weight is 344 g/mol. The molecule has 0 fully saturated rings. The Kier molecular flexibility index (Phi) is 6.34. The summed E-state index contributed by atoms with van der Waals surface area (Å²) in [5.74, 6) is 0.199. The fourth-order valence-electron chi connectivity index (χ4n) is 1.87. The number of hydrogen-bond acceptors (Lipinski definition) is 3. The molecule has 1 rings (SSSR count). The number of anilines is 1. The monoisotopic (exact) mass is 343 g/mol. The minimum atomic E-state index is -5.38. The number of alkyl halides is 4. The van der Waals surface area contributed by atoms with Gasteiger partial charge in [-0.15, -0.1) is 11.6 Å². The van der Waals surface area contributed by atoms with Crippen molar-refractivity contribution in [2.24, 2.45) is 0 Å². The number of rotatable bonds is 7. The molecule has 0 bridgehead atoms. The molecule has 0 unspecified atom stereocenters. The topological polar surface area (TPSA) is 37.4 Å². The highest BCUT2D eigenvalue weighted by atomic mass is 35.5. The van der Waals surface area contributed by atoms with Crippen LogP contribution in [0.15, 0.2) is 29.2 Å². The highest BCUT2D eigenvalue weighted by Gasteiger charge is 2.48. The van der Waals surface area contributed by atoms with Crippen LogP contribution in [-0.2, 0) is 9.84 Å². The zero-order valence-electron chi connectivity index (χ0n) is 11.5. The van der Waals surface area contributed by atoms with Gasteiger partial charge < -0.3 is 4.90 Å². The first kappa shape index (κ1) is 18.1. The van der Waals surface area contributed by atoms with E-state index in [-0.39, 0.29) is 18.1 Å². The van der Waals surface area contributed by atoms with Crippen LogP contribution in [-0.4, -0.2) is 32.9 Å². The summed E-state index contributed by atoms with van der Waals surface area (Å²) in [6, 6.07) is 5.14. The fourth-order valence-corrected chi connectivity index (χ4v) is 3.06. The van der Waals surface area contributed by atoms with Crippen LogP contribution in [0.5, 0.6) is 0 Å². The second-order valence-electron chi connectivity index (χ2n) is 4.45. The first-order chi connectivity index (χ1) is 9.75. The highest BCUT2D eigenvalue weighted by Crippen LogP contribution is 2.35. The molecule has 1 aromatic rings. The summed E-state index contributed by atoms with van der Waals surface area (Å²) in [7, 11) is -5.38. The van der Waals surface area contributed by atoms with Crippen LogP contribution in [0.2, 0.25) is 0 Å². The van der Waals surface area contributed by atoms with Crippen LogP contribution in [0, 0.1) is 0 Å². The Morgan fingerprint density at radius 2 is 1.81 bits per heavy atom. The molecule has 1 aromatic carbocycles. The van der Waals surface area contributed by atoms with Crippen LogP contribution in [0.25, 0.3) is 0 Å². The normalized spacial score (nSPS) is 12.4. The van der Waals surface area contributed by atoms with Gasteiger partial charge in [0.2, 0.25) is 0 Å². The molecule has 8 heteroatoms. The number of hydrogen-bond donors (Lipinski definition) is 0. The SMILES string of the molecule is CCCCN(CCCl)c1ccccc1S(=O)(=O)C(F)(F)F. The third-order valence-electron chi connectivity index (χ3n) is 2.94. The molecule has 0 aliphatic rings. The summed E-state index contributed by atoms with van der Waals surface area (Å²) in [6.07, 6.45) is 1.57. The lowest BCUT2D eigenvalue weighted by atomic mass is 10.2. The van der Waals surface area contributed by atoms with E-state index in [1.54, 1.807) is 4.90 Å². The van der Waals surface area contributed by atoms with E-state index >= 15 is 0 Å². The summed E-state index contributed by atoms with van der Waals surface area (Å²) in [4.78, 5) is 0.855. The van der Waals surface area contributed by atoms with Crippen molar-refractivity contribution in [3.63, 3.8) is 0 Å². The zero-order chi connectivity index (χ0) is 16.1. The molecular formula is C13H17ClF3NO2S. The molecule has 0 atom stereocenters. The van der Waals surface area contributed by atoms with Crippen molar-refractivity contribution in [2.45, 2.75) is 30.2 Å². The summed E-state index contributed by atoms with van der Waals surface area (Å²) in [6.45, 7) is 2.68. The van der Waals surface area contributed by atoms with Crippen molar-refractivity contribution in [3.8, 4) is 0 Å². The molecule has 21 heavy (non-hydrogen) atoms. The Hall–Kier alpha value is -0.950. The van der Waals surface area contributed by atoms with E-state index in [2.05, 4.69) is 0 Å². The van der Waals surface area contributed by atoms with Crippen molar-refractivity contribution < 1.29 is 21.6 Å². The zero-order valence-corrected chi connectivity index (χ0v) is 13.1. The van der Waals surface area contributed by atoms with E-state index in [0.717, 1.165) is 18.9 Å². The molecule has 3 nitrogen and oxygen atoms in total. The Morgan fingerprint density at radius 3 is 2.33 bits per heavy atom. The Bertz CT molecular complexity index is 561. The molecule has 0 radical (unpaired) electrons. The molecule has 0 spiro atoms. The lowest BCUT2D eigenvalue weighted by molar-refractivity contribution is -0.0435. The van der Waals surface area contributed by atoms with Gasteiger partial charge in [0.05, 0.1) is 10.6 Å². The maximum Gasteiger partial charge on any atom is 0.501 e. The van der Waals surface area contributed by atoms with Crippen molar-refractivity contribution >= 4 is 27.1 Å². The first-order valence-electron chi connectivity index (χ1n) is 6.47. The van der Waals surface area contributed by atoms with Gasteiger partial charge in [0.25, 0.3) is 9.84 Å². The molecule has 0 N–H and O–H groups in total. The summed E-state index contributed by atoms with van der Waals surface area (Å²) < 4.78 is 61.6. The number of halogens is 4. The molecule has 120 valence electrons.